The van der Waals surface area contributed by atoms with E-state index in [1.54, 1.807) is 12.3 Å². The van der Waals surface area contributed by atoms with Crippen LogP contribution >= 0.6 is 15.9 Å². The molecule has 0 atom stereocenters. The molecule has 1 aromatic rings. The summed E-state index contributed by atoms with van der Waals surface area (Å²) in [7, 11) is 0. The van der Waals surface area contributed by atoms with Crippen LogP contribution in [0.5, 0.6) is 0 Å². The zero-order valence-electron chi connectivity index (χ0n) is 11.6. The van der Waals surface area contributed by atoms with Gasteiger partial charge in [-0.1, -0.05) is 6.42 Å². The zero-order chi connectivity index (χ0) is 13.9. The number of carbonyl (C=O) groups is 1. The van der Waals surface area contributed by atoms with Crippen LogP contribution in [0.25, 0.3) is 0 Å². The van der Waals surface area contributed by atoms with Crippen molar-refractivity contribution in [3.8, 4) is 0 Å². The highest BCUT2D eigenvalue weighted by Gasteiger charge is 2.28. The topological polar surface area (TPSA) is 36.4 Å². The van der Waals surface area contributed by atoms with Crippen molar-refractivity contribution in [3.05, 3.63) is 28.5 Å². The van der Waals surface area contributed by atoms with Crippen molar-refractivity contribution in [2.75, 3.05) is 26.2 Å². The molecule has 0 bridgehead atoms. The van der Waals surface area contributed by atoms with Crippen molar-refractivity contribution < 1.29 is 4.79 Å². The third-order valence-electron chi connectivity index (χ3n) is 4.36. The number of hydrogen-bond acceptors (Lipinski definition) is 3. The molecule has 1 aliphatic carbocycles. The van der Waals surface area contributed by atoms with E-state index < -0.39 is 0 Å². The van der Waals surface area contributed by atoms with E-state index in [4.69, 9.17) is 0 Å². The molecule has 2 aliphatic rings. The van der Waals surface area contributed by atoms with Gasteiger partial charge in [0.15, 0.2) is 0 Å². The van der Waals surface area contributed by atoms with E-state index in [2.05, 4.69) is 25.8 Å². The molecule has 1 saturated heterocycles. The lowest BCUT2D eigenvalue weighted by atomic mass is 9.91. The molecule has 20 heavy (non-hydrogen) atoms. The van der Waals surface area contributed by atoms with Gasteiger partial charge >= 0.3 is 0 Å². The predicted octanol–water partition coefficient (Wildman–Crippen LogP) is 2.54. The second kappa shape index (κ2) is 6.22. The van der Waals surface area contributed by atoms with Crippen LogP contribution in [0, 0.1) is 0 Å². The fourth-order valence-corrected chi connectivity index (χ4v) is 3.16. The largest absolute Gasteiger partial charge is 0.336 e. The number of aromatic nitrogens is 1. The van der Waals surface area contributed by atoms with Crippen molar-refractivity contribution in [1.82, 2.24) is 14.8 Å². The molecular weight excluding hydrogens is 318 g/mol. The Balaban J connectivity index is 1.62. The van der Waals surface area contributed by atoms with Crippen LogP contribution in [0.1, 0.15) is 36.2 Å². The van der Waals surface area contributed by atoms with Crippen molar-refractivity contribution in [2.24, 2.45) is 0 Å². The van der Waals surface area contributed by atoms with Crippen molar-refractivity contribution in [3.63, 3.8) is 0 Å². The Morgan fingerprint density at radius 2 is 2.00 bits per heavy atom. The van der Waals surface area contributed by atoms with E-state index in [-0.39, 0.29) is 5.91 Å². The summed E-state index contributed by atoms with van der Waals surface area (Å²) in [5.41, 5.74) is 0.547. The van der Waals surface area contributed by atoms with Gasteiger partial charge in [-0.2, -0.15) is 0 Å². The molecule has 0 radical (unpaired) electrons. The summed E-state index contributed by atoms with van der Waals surface area (Å²) in [6.07, 6.45) is 6.79. The third kappa shape index (κ3) is 3.04. The average molecular weight is 338 g/mol. The van der Waals surface area contributed by atoms with Crippen molar-refractivity contribution in [2.45, 2.75) is 31.7 Å². The van der Waals surface area contributed by atoms with Gasteiger partial charge in [-0.05, 0) is 47.3 Å². The number of halogens is 1. The molecule has 3 rings (SSSR count). The molecule has 4 nitrogen and oxygen atoms in total. The molecule has 5 heteroatoms. The summed E-state index contributed by atoms with van der Waals surface area (Å²) in [6.45, 7) is 3.81. The summed E-state index contributed by atoms with van der Waals surface area (Å²) in [6, 6.07) is 4.44. The monoisotopic (exact) mass is 337 g/mol. The van der Waals surface area contributed by atoms with Gasteiger partial charge in [-0.3, -0.25) is 9.69 Å². The highest BCUT2D eigenvalue weighted by Crippen LogP contribution is 2.25. The summed E-state index contributed by atoms with van der Waals surface area (Å²) in [4.78, 5) is 21.2. The van der Waals surface area contributed by atoms with Crippen molar-refractivity contribution in [1.29, 1.82) is 0 Å². The summed E-state index contributed by atoms with van der Waals surface area (Å²) < 4.78 is 0.904. The van der Waals surface area contributed by atoms with Crippen LogP contribution in [-0.4, -0.2) is 52.9 Å². The van der Waals surface area contributed by atoms with Gasteiger partial charge in [0.25, 0.3) is 5.91 Å². The van der Waals surface area contributed by atoms with Crippen molar-refractivity contribution >= 4 is 21.8 Å². The van der Waals surface area contributed by atoms with Gasteiger partial charge in [0.2, 0.25) is 0 Å². The molecule has 1 aromatic heterocycles. The molecule has 1 aliphatic heterocycles. The quantitative estimate of drug-likeness (QED) is 0.832. The lowest BCUT2D eigenvalue weighted by Gasteiger charge is -2.36. The molecule has 0 aromatic carbocycles. The highest BCUT2D eigenvalue weighted by molar-refractivity contribution is 9.10. The maximum absolute atomic E-state index is 12.5. The van der Waals surface area contributed by atoms with E-state index in [1.165, 1.54) is 19.3 Å². The first-order chi connectivity index (χ1) is 9.74. The lowest BCUT2D eigenvalue weighted by molar-refractivity contribution is 0.0744. The van der Waals surface area contributed by atoms with E-state index in [9.17, 15) is 4.79 Å². The average Bonchev–Trinajstić information content (AvgIpc) is 2.63. The van der Waals surface area contributed by atoms with E-state index in [1.807, 2.05) is 11.0 Å². The van der Waals surface area contributed by atoms with E-state index in [0.29, 0.717) is 5.69 Å². The molecule has 1 amide bonds. The van der Waals surface area contributed by atoms with E-state index >= 15 is 0 Å². The van der Waals surface area contributed by atoms with Crippen LogP contribution in [0.15, 0.2) is 22.8 Å². The molecule has 2 heterocycles. The Kier molecular flexibility index (Phi) is 4.36. The number of hydrogen-bond donors (Lipinski definition) is 0. The summed E-state index contributed by atoms with van der Waals surface area (Å²) in [5, 5.41) is 0. The van der Waals surface area contributed by atoms with Gasteiger partial charge < -0.3 is 4.90 Å². The van der Waals surface area contributed by atoms with Crippen LogP contribution in [0.4, 0.5) is 0 Å². The maximum atomic E-state index is 12.5. The van der Waals surface area contributed by atoms with Gasteiger partial charge in [0.05, 0.1) is 0 Å². The molecule has 1 saturated carbocycles. The minimum atomic E-state index is 0.0629. The van der Waals surface area contributed by atoms with Crippen LogP contribution in [-0.2, 0) is 0 Å². The molecule has 0 N–H and O–H groups in total. The second-order valence-corrected chi connectivity index (χ2v) is 6.54. The SMILES string of the molecule is O=C(c1ccc(Br)cn1)N1CCCN(C2CCC2)CC1. The minimum absolute atomic E-state index is 0.0629. The Labute approximate surface area is 128 Å². The second-order valence-electron chi connectivity index (χ2n) is 5.63. The standard InChI is InChI=1S/C15H20BrN3O/c16-12-5-6-14(17-11-12)15(20)19-8-2-7-18(9-10-19)13-3-1-4-13/h5-6,11,13H,1-4,7-10H2. The first-order valence-electron chi connectivity index (χ1n) is 7.39. The third-order valence-corrected chi connectivity index (χ3v) is 4.82. The Bertz CT molecular complexity index is 473. The minimum Gasteiger partial charge on any atom is -0.336 e. The molecule has 108 valence electrons. The van der Waals surface area contributed by atoms with Gasteiger partial charge in [0.1, 0.15) is 5.69 Å². The molecule has 0 unspecified atom stereocenters. The number of rotatable bonds is 2. The number of amides is 1. The summed E-state index contributed by atoms with van der Waals surface area (Å²) in [5.74, 6) is 0.0629. The maximum Gasteiger partial charge on any atom is 0.272 e. The predicted molar refractivity (Wildman–Crippen MR) is 81.7 cm³/mol. The highest BCUT2D eigenvalue weighted by atomic mass is 79.9. The lowest BCUT2D eigenvalue weighted by Crippen LogP contribution is -2.42. The van der Waals surface area contributed by atoms with Crippen LogP contribution < -0.4 is 0 Å². The van der Waals surface area contributed by atoms with Crippen LogP contribution in [0.3, 0.4) is 0 Å². The Hall–Kier alpha value is -0.940. The Morgan fingerprint density at radius 3 is 2.65 bits per heavy atom. The first-order valence-corrected chi connectivity index (χ1v) is 8.18. The molecule has 0 spiro atoms. The van der Waals surface area contributed by atoms with Gasteiger partial charge in [-0.15, -0.1) is 0 Å². The zero-order valence-corrected chi connectivity index (χ0v) is 13.2. The fourth-order valence-electron chi connectivity index (χ4n) is 2.92. The first kappa shape index (κ1) is 14.0. The number of nitrogens with zero attached hydrogens (tertiary/aromatic N) is 3. The van der Waals surface area contributed by atoms with Gasteiger partial charge in [0, 0.05) is 42.9 Å². The fraction of sp³-hybridized carbons (Fsp3) is 0.600. The molecular formula is C15H20BrN3O. The summed E-state index contributed by atoms with van der Waals surface area (Å²) >= 11 is 3.35. The van der Waals surface area contributed by atoms with Crippen LogP contribution in [0.2, 0.25) is 0 Å². The normalized spacial score (nSPS) is 21.4. The number of carbonyl (C=O) groups excluding carboxylic acids is 1. The molecule has 2 fully saturated rings. The van der Waals surface area contributed by atoms with Gasteiger partial charge in [-0.25, -0.2) is 4.98 Å². The van der Waals surface area contributed by atoms with E-state index in [0.717, 1.165) is 43.1 Å². The Morgan fingerprint density at radius 1 is 1.15 bits per heavy atom. The smallest absolute Gasteiger partial charge is 0.272 e. The number of pyridine rings is 1.